The number of hydrogen-bond acceptors (Lipinski definition) is 6. The van der Waals surface area contributed by atoms with Crippen LogP contribution in [0.2, 0.25) is 5.02 Å². The van der Waals surface area contributed by atoms with E-state index < -0.39 is 34.2 Å². The number of benzene rings is 2. The molecule has 0 aliphatic rings. The molecule has 27 heavy (non-hydrogen) atoms. The van der Waals surface area contributed by atoms with Gasteiger partial charge in [-0.2, -0.15) is 0 Å². The molecule has 1 N–H and O–H groups in total. The molecule has 142 valence electrons. The van der Waals surface area contributed by atoms with Crippen LogP contribution in [0.25, 0.3) is 0 Å². The minimum atomic E-state index is -1.36. The first kappa shape index (κ1) is 20.5. The summed E-state index contributed by atoms with van der Waals surface area (Å²) >= 11 is 5.70. The molecule has 0 aromatic heterocycles. The first-order valence-corrected chi connectivity index (χ1v) is 9.41. The van der Waals surface area contributed by atoms with E-state index in [-0.39, 0.29) is 22.0 Å². The highest BCUT2D eigenvalue weighted by Crippen LogP contribution is 2.27. The average Bonchev–Trinajstić information content (AvgIpc) is 2.66. The van der Waals surface area contributed by atoms with E-state index in [2.05, 4.69) is 5.32 Å². The highest BCUT2D eigenvalue weighted by atomic mass is 35.5. The molecule has 0 saturated heterocycles. The molecule has 10 heteroatoms. The van der Waals surface area contributed by atoms with Crippen molar-refractivity contribution in [3.63, 3.8) is 0 Å². The summed E-state index contributed by atoms with van der Waals surface area (Å²) in [6, 6.07) is 10.0. The second-order valence-electron chi connectivity index (χ2n) is 5.18. The zero-order chi connectivity index (χ0) is 20.0. The first-order chi connectivity index (χ1) is 12.8. The van der Waals surface area contributed by atoms with Crippen molar-refractivity contribution in [2.24, 2.45) is 0 Å². The van der Waals surface area contributed by atoms with Crippen molar-refractivity contribution in [1.29, 1.82) is 0 Å². The molecule has 1 atom stereocenters. The van der Waals surface area contributed by atoms with E-state index in [9.17, 15) is 23.9 Å². The van der Waals surface area contributed by atoms with E-state index in [1.807, 2.05) is 0 Å². The summed E-state index contributed by atoms with van der Waals surface area (Å²) in [7, 11) is -1.36. The Morgan fingerprint density at radius 2 is 1.96 bits per heavy atom. The van der Waals surface area contributed by atoms with Crippen LogP contribution in [0.3, 0.4) is 0 Å². The maximum Gasteiger partial charge on any atom is 0.339 e. The normalized spacial score (nSPS) is 11.5. The third-order valence-corrected chi connectivity index (χ3v) is 5.07. The molecule has 2 aromatic carbocycles. The largest absolute Gasteiger partial charge is 0.452 e. The Hall–Kier alpha value is -2.78. The second-order valence-corrected chi connectivity index (χ2v) is 7.29. The number of carbonyl (C=O) groups excluding carboxylic acids is 2. The van der Waals surface area contributed by atoms with Crippen molar-refractivity contribution >= 4 is 45.7 Å². The standard InChI is InChI=1S/C17H15ClN2O6S/c1-2-27(25)15-6-4-3-5-12(15)17(22)26-10-16(21)19-11-7-8-13(18)14(9-11)20(23)24/h3-9H,2,10H2,1H3,(H,19,21)/t27-/m1/s1. The van der Waals surface area contributed by atoms with Crippen molar-refractivity contribution in [1.82, 2.24) is 0 Å². The van der Waals surface area contributed by atoms with Gasteiger partial charge in [-0.25, -0.2) is 4.79 Å². The number of rotatable bonds is 7. The number of amides is 1. The third kappa shape index (κ3) is 5.35. The lowest BCUT2D eigenvalue weighted by Crippen LogP contribution is -2.21. The summed E-state index contributed by atoms with van der Waals surface area (Å²) in [4.78, 5) is 34.6. The number of ether oxygens (including phenoxy) is 1. The minimum Gasteiger partial charge on any atom is -0.452 e. The predicted molar refractivity (Wildman–Crippen MR) is 100 cm³/mol. The van der Waals surface area contributed by atoms with Crippen LogP contribution in [0.4, 0.5) is 11.4 Å². The second kappa shape index (κ2) is 9.24. The van der Waals surface area contributed by atoms with Crippen molar-refractivity contribution in [3.05, 3.63) is 63.2 Å². The number of nitrogens with zero attached hydrogens (tertiary/aromatic N) is 1. The zero-order valence-corrected chi connectivity index (χ0v) is 15.7. The molecule has 0 aliphatic heterocycles. The van der Waals surface area contributed by atoms with E-state index >= 15 is 0 Å². The lowest BCUT2D eigenvalue weighted by molar-refractivity contribution is -0.384. The Morgan fingerprint density at radius 3 is 2.63 bits per heavy atom. The summed E-state index contributed by atoms with van der Waals surface area (Å²) in [6.07, 6.45) is 0. The number of nitro groups is 1. The smallest absolute Gasteiger partial charge is 0.339 e. The molecule has 0 heterocycles. The van der Waals surface area contributed by atoms with Crippen LogP contribution < -0.4 is 5.32 Å². The summed E-state index contributed by atoms with van der Waals surface area (Å²) in [5, 5.41) is 13.2. The number of halogens is 1. The van der Waals surface area contributed by atoms with E-state index in [1.165, 1.54) is 18.2 Å². The Morgan fingerprint density at radius 1 is 1.26 bits per heavy atom. The molecule has 0 aliphatic carbocycles. The van der Waals surface area contributed by atoms with Crippen molar-refractivity contribution in [2.75, 3.05) is 17.7 Å². The lowest BCUT2D eigenvalue weighted by atomic mass is 10.2. The Kier molecular flexibility index (Phi) is 7.03. The summed E-state index contributed by atoms with van der Waals surface area (Å²) in [5.74, 6) is -1.14. The molecule has 0 unspecified atom stereocenters. The fourth-order valence-electron chi connectivity index (χ4n) is 2.13. The highest BCUT2D eigenvalue weighted by Gasteiger charge is 2.18. The Bertz CT molecular complexity index is 918. The monoisotopic (exact) mass is 410 g/mol. The van der Waals surface area contributed by atoms with Gasteiger partial charge in [0.1, 0.15) is 5.02 Å². The van der Waals surface area contributed by atoms with Crippen LogP contribution in [0.1, 0.15) is 17.3 Å². The van der Waals surface area contributed by atoms with Gasteiger partial charge < -0.3 is 10.1 Å². The van der Waals surface area contributed by atoms with Gasteiger partial charge in [-0.05, 0) is 24.3 Å². The molecule has 0 spiro atoms. The Balaban J connectivity index is 2.02. The molecule has 0 saturated carbocycles. The molecule has 0 radical (unpaired) electrons. The van der Waals surface area contributed by atoms with Crippen LogP contribution in [0.5, 0.6) is 0 Å². The Labute approximate surface area is 162 Å². The fraction of sp³-hybridized carbons (Fsp3) is 0.176. The molecule has 2 rings (SSSR count). The van der Waals surface area contributed by atoms with Gasteiger partial charge in [0.2, 0.25) is 0 Å². The minimum absolute atomic E-state index is 0.0649. The van der Waals surface area contributed by atoms with E-state index in [4.69, 9.17) is 16.3 Å². The van der Waals surface area contributed by atoms with Crippen LogP contribution in [0.15, 0.2) is 47.4 Å². The average molecular weight is 411 g/mol. The zero-order valence-electron chi connectivity index (χ0n) is 14.1. The maximum absolute atomic E-state index is 12.2. The third-order valence-electron chi connectivity index (χ3n) is 3.38. The molecule has 2 aromatic rings. The number of nitrogens with one attached hydrogen (secondary N) is 1. The van der Waals surface area contributed by atoms with E-state index in [0.717, 1.165) is 6.07 Å². The summed E-state index contributed by atoms with van der Waals surface area (Å²) < 4.78 is 16.9. The number of anilines is 1. The molecule has 0 fully saturated rings. The predicted octanol–water partition coefficient (Wildman–Crippen LogP) is 3.17. The van der Waals surface area contributed by atoms with E-state index in [1.54, 1.807) is 25.1 Å². The molecular formula is C17H15ClN2O6S. The molecule has 8 nitrogen and oxygen atoms in total. The number of carbonyl (C=O) groups is 2. The SMILES string of the molecule is CC[S@@](=O)c1ccccc1C(=O)OCC(=O)Nc1ccc(Cl)c([N+](=O)[O-])c1. The van der Waals surface area contributed by atoms with Gasteiger partial charge in [0.25, 0.3) is 11.6 Å². The highest BCUT2D eigenvalue weighted by molar-refractivity contribution is 7.85. The number of esters is 1. The van der Waals surface area contributed by atoms with Gasteiger partial charge in [0.15, 0.2) is 6.61 Å². The van der Waals surface area contributed by atoms with Crippen molar-refractivity contribution < 1.29 is 23.5 Å². The van der Waals surface area contributed by atoms with Crippen LogP contribution in [-0.4, -0.2) is 33.4 Å². The van der Waals surface area contributed by atoms with Crippen LogP contribution in [0, 0.1) is 10.1 Å². The van der Waals surface area contributed by atoms with Gasteiger partial charge in [-0.3, -0.25) is 19.1 Å². The molecule has 0 bridgehead atoms. The van der Waals surface area contributed by atoms with Crippen LogP contribution >= 0.6 is 11.6 Å². The number of hydrogen-bond donors (Lipinski definition) is 1. The fourth-order valence-corrected chi connectivity index (χ4v) is 3.25. The van der Waals surface area contributed by atoms with Gasteiger partial charge in [-0.15, -0.1) is 0 Å². The maximum atomic E-state index is 12.2. The molecule has 1 amide bonds. The first-order valence-electron chi connectivity index (χ1n) is 7.71. The van der Waals surface area contributed by atoms with Gasteiger partial charge in [0.05, 0.1) is 26.2 Å². The summed E-state index contributed by atoms with van der Waals surface area (Å²) in [5.41, 5.74) is -0.102. The number of nitro benzene ring substituents is 1. The van der Waals surface area contributed by atoms with E-state index in [0.29, 0.717) is 10.6 Å². The van der Waals surface area contributed by atoms with Crippen molar-refractivity contribution in [3.8, 4) is 0 Å². The quantitative estimate of drug-likeness (QED) is 0.425. The van der Waals surface area contributed by atoms with Gasteiger partial charge in [-0.1, -0.05) is 30.7 Å². The van der Waals surface area contributed by atoms with Crippen LogP contribution in [-0.2, 0) is 20.3 Å². The molecular weight excluding hydrogens is 396 g/mol. The van der Waals surface area contributed by atoms with Gasteiger partial charge >= 0.3 is 5.97 Å². The summed E-state index contributed by atoms with van der Waals surface area (Å²) in [6.45, 7) is 1.11. The van der Waals surface area contributed by atoms with Gasteiger partial charge in [0, 0.05) is 17.5 Å². The van der Waals surface area contributed by atoms with Crippen molar-refractivity contribution in [2.45, 2.75) is 11.8 Å². The topological polar surface area (TPSA) is 116 Å². The lowest BCUT2D eigenvalue weighted by Gasteiger charge is -2.09.